The maximum Gasteiger partial charge on any atom is 0.253 e. The van der Waals surface area contributed by atoms with Gasteiger partial charge in [-0.3, -0.25) is 4.79 Å². The molecule has 138 valence electrons. The number of nitrogens with zero attached hydrogens (tertiary/aromatic N) is 4. The van der Waals surface area contributed by atoms with Crippen LogP contribution in [0.25, 0.3) is 5.69 Å². The average molecular weight is 386 g/mol. The van der Waals surface area contributed by atoms with Crippen molar-refractivity contribution in [3.8, 4) is 17.2 Å². The van der Waals surface area contributed by atoms with E-state index in [-0.39, 0.29) is 5.91 Å². The highest BCUT2D eigenvalue weighted by atomic mass is 35.5. The highest BCUT2D eigenvalue weighted by molar-refractivity contribution is 6.32. The summed E-state index contributed by atoms with van der Waals surface area (Å²) in [6.07, 6.45) is 2.24. The number of ether oxygens (including phenoxy) is 2. The van der Waals surface area contributed by atoms with Gasteiger partial charge in [0.2, 0.25) is 0 Å². The van der Waals surface area contributed by atoms with E-state index in [9.17, 15) is 4.79 Å². The molecule has 1 aliphatic heterocycles. The average Bonchev–Trinajstić information content (AvgIpc) is 3.11. The molecule has 0 saturated heterocycles. The van der Waals surface area contributed by atoms with Crippen molar-refractivity contribution in [3.05, 3.63) is 58.9 Å². The number of aromatic nitrogens is 4. The Balaban J connectivity index is 1.52. The van der Waals surface area contributed by atoms with Crippen molar-refractivity contribution >= 4 is 17.5 Å². The van der Waals surface area contributed by atoms with Gasteiger partial charge in [0.15, 0.2) is 11.5 Å². The van der Waals surface area contributed by atoms with E-state index in [1.807, 2.05) is 12.1 Å². The van der Waals surface area contributed by atoms with Crippen molar-refractivity contribution in [2.45, 2.75) is 13.0 Å². The lowest BCUT2D eigenvalue weighted by atomic mass is 10.1. The van der Waals surface area contributed by atoms with Gasteiger partial charge in [0, 0.05) is 13.0 Å². The number of hydrogen-bond donors (Lipinski definition) is 1. The summed E-state index contributed by atoms with van der Waals surface area (Å²) in [4.78, 5) is 12.7. The number of rotatable bonds is 4. The van der Waals surface area contributed by atoms with Gasteiger partial charge in [0.05, 0.1) is 29.5 Å². The van der Waals surface area contributed by atoms with Crippen LogP contribution in [0.15, 0.2) is 42.7 Å². The number of carbonyl (C=O) groups is 1. The summed E-state index contributed by atoms with van der Waals surface area (Å²) in [5, 5.41) is 14.4. The molecule has 0 bridgehead atoms. The molecule has 1 aliphatic rings. The van der Waals surface area contributed by atoms with Crippen LogP contribution in [0.1, 0.15) is 22.3 Å². The smallest absolute Gasteiger partial charge is 0.253 e. The lowest BCUT2D eigenvalue weighted by molar-refractivity contribution is 0.0950. The molecule has 0 fully saturated rings. The second-order valence-corrected chi connectivity index (χ2v) is 6.32. The predicted molar refractivity (Wildman–Crippen MR) is 97.4 cm³/mol. The summed E-state index contributed by atoms with van der Waals surface area (Å²) in [5.41, 5.74) is 1.87. The number of amides is 1. The van der Waals surface area contributed by atoms with Crippen LogP contribution in [-0.2, 0) is 6.54 Å². The Kier molecular flexibility index (Phi) is 4.88. The van der Waals surface area contributed by atoms with Crippen LogP contribution in [0.4, 0.5) is 0 Å². The molecular weight excluding hydrogens is 370 g/mol. The monoisotopic (exact) mass is 385 g/mol. The molecule has 0 aliphatic carbocycles. The van der Waals surface area contributed by atoms with E-state index < -0.39 is 0 Å². The first-order valence-corrected chi connectivity index (χ1v) is 8.79. The molecule has 0 radical (unpaired) electrons. The van der Waals surface area contributed by atoms with Gasteiger partial charge in [0.1, 0.15) is 6.33 Å². The zero-order valence-electron chi connectivity index (χ0n) is 14.3. The molecule has 0 spiro atoms. The molecule has 3 aromatic rings. The third-order valence-electron chi connectivity index (χ3n) is 4.06. The summed E-state index contributed by atoms with van der Waals surface area (Å²) in [6, 6.07) is 10.7. The number of carbonyl (C=O) groups excluding carboxylic acids is 1. The Hall–Kier alpha value is -3.13. The molecule has 2 aromatic carbocycles. The minimum Gasteiger partial charge on any atom is -0.489 e. The van der Waals surface area contributed by atoms with Crippen molar-refractivity contribution in [2.75, 3.05) is 13.2 Å². The molecule has 27 heavy (non-hydrogen) atoms. The molecule has 0 saturated carbocycles. The Bertz CT molecular complexity index is 962. The zero-order chi connectivity index (χ0) is 18.6. The molecular formula is C18H16ClN5O3. The maximum absolute atomic E-state index is 12.7. The number of benzene rings is 2. The number of fused-ring (bicyclic) bond motifs is 1. The van der Waals surface area contributed by atoms with Crippen molar-refractivity contribution in [3.63, 3.8) is 0 Å². The van der Waals surface area contributed by atoms with Gasteiger partial charge in [-0.15, -0.1) is 5.10 Å². The fourth-order valence-corrected chi connectivity index (χ4v) is 3.09. The second-order valence-electron chi connectivity index (χ2n) is 5.91. The Morgan fingerprint density at radius 3 is 2.93 bits per heavy atom. The minimum absolute atomic E-state index is 0.246. The fraction of sp³-hybridized carbons (Fsp3) is 0.222. The Morgan fingerprint density at radius 1 is 1.22 bits per heavy atom. The number of hydrogen-bond acceptors (Lipinski definition) is 6. The number of para-hydroxylation sites is 1. The standard InChI is InChI=1S/C18H16ClN5O3/c19-14-8-12(9-16-17(14)27-7-3-6-26-16)10-20-18(25)13-4-1-2-5-15(13)24-11-21-22-23-24/h1-2,4-5,8-9,11H,3,6-7,10H2,(H,20,25). The Labute approximate surface area is 160 Å². The SMILES string of the molecule is O=C(NCc1cc(Cl)c2c(c1)OCCCO2)c1ccccc1-n1cnnn1. The van der Waals surface area contributed by atoms with Gasteiger partial charge < -0.3 is 14.8 Å². The molecule has 0 atom stereocenters. The summed E-state index contributed by atoms with van der Waals surface area (Å²) in [6.45, 7) is 1.42. The molecule has 0 unspecified atom stereocenters. The predicted octanol–water partition coefficient (Wildman–Crippen LogP) is 2.41. The lowest BCUT2D eigenvalue weighted by Crippen LogP contribution is -2.24. The van der Waals surface area contributed by atoms with Crippen molar-refractivity contribution in [1.82, 2.24) is 25.5 Å². The van der Waals surface area contributed by atoms with Gasteiger partial charge in [-0.2, -0.15) is 4.68 Å². The Morgan fingerprint density at radius 2 is 2.07 bits per heavy atom. The topological polar surface area (TPSA) is 91.2 Å². The van der Waals surface area contributed by atoms with Crippen LogP contribution in [0, 0.1) is 0 Å². The van der Waals surface area contributed by atoms with Crippen LogP contribution >= 0.6 is 11.6 Å². The van der Waals surface area contributed by atoms with E-state index in [1.165, 1.54) is 11.0 Å². The van der Waals surface area contributed by atoms with E-state index in [1.54, 1.807) is 24.3 Å². The lowest BCUT2D eigenvalue weighted by Gasteiger charge is -2.13. The zero-order valence-corrected chi connectivity index (χ0v) is 15.0. The normalized spacial score (nSPS) is 13.1. The molecule has 1 N–H and O–H groups in total. The van der Waals surface area contributed by atoms with Crippen LogP contribution < -0.4 is 14.8 Å². The molecule has 1 amide bonds. The van der Waals surface area contributed by atoms with E-state index in [2.05, 4.69) is 20.8 Å². The molecule has 4 rings (SSSR count). The van der Waals surface area contributed by atoms with Crippen LogP contribution in [0.5, 0.6) is 11.5 Å². The summed E-state index contributed by atoms with van der Waals surface area (Å²) < 4.78 is 12.7. The molecule has 8 nitrogen and oxygen atoms in total. The van der Waals surface area contributed by atoms with Gasteiger partial charge >= 0.3 is 0 Å². The third kappa shape index (κ3) is 3.70. The van der Waals surface area contributed by atoms with Crippen molar-refractivity contribution in [1.29, 1.82) is 0 Å². The van der Waals surface area contributed by atoms with Crippen molar-refractivity contribution in [2.24, 2.45) is 0 Å². The van der Waals surface area contributed by atoms with Crippen LogP contribution in [0.3, 0.4) is 0 Å². The maximum atomic E-state index is 12.7. The highest BCUT2D eigenvalue weighted by Crippen LogP contribution is 2.37. The molecule has 1 aromatic heterocycles. The van der Waals surface area contributed by atoms with Crippen LogP contribution in [-0.4, -0.2) is 39.3 Å². The largest absolute Gasteiger partial charge is 0.489 e. The van der Waals surface area contributed by atoms with E-state index in [0.29, 0.717) is 47.5 Å². The van der Waals surface area contributed by atoms with Gasteiger partial charge in [0.25, 0.3) is 5.91 Å². The number of halogens is 1. The minimum atomic E-state index is -0.246. The first-order chi connectivity index (χ1) is 13.2. The van der Waals surface area contributed by atoms with E-state index >= 15 is 0 Å². The molecule has 9 heteroatoms. The number of tetrazole rings is 1. The van der Waals surface area contributed by atoms with E-state index in [0.717, 1.165) is 12.0 Å². The van der Waals surface area contributed by atoms with Gasteiger partial charge in [-0.05, 0) is 40.3 Å². The second kappa shape index (κ2) is 7.63. The summed E-state index contributed by atoms with van der Waals surface area (Å²) >= 11 is 6.30. The first kappa shape index (κ1) is 17.3. The summed E-state index contributed by atoms with van der Waals surface area (Å²) in [5.74, 6) is 0.899. The van der Waals surface area contributed by atoms with E-state index in [4.69, 9.17) is 21.1 Å². The third-order valence-corrected chi connectivity index (χ3v) is 4.34. The van der Waals surface area contributed by atoms with Crippen molar-refractivity contribution < 1.29 is 14.3 Å². The fourth-order valence-electron chi connectivity index (χ4n) is 2.80. The van der Waals surface area contributed by atoms with Crippen LogP contribution in [0.2, 0.25) is 5.02 Å². The quantitative estimate of drug-likeness (QED) is 0.741. The molecule has 2 heterocycles. The highest BCUT2D eigenvalue weighted by Gasteiger charge is 2.17. The first-order valence-electron chi connectivity index (χ1n) is 8.41. The number of nitrogens with one attached hydrogen (secondary N) is 1. The van der Waals surface area contributed by atoms with Gasteiger partial charge in [-0.1, -0.05) is 23.7 Å². The van der Waals surface area contributed by atoms with Gasteiger partial charge in [-0.25, -0.2) is 0 Å². The summed E-state index contributed by atoms with van der Waals surface area (Å²) in [7, 11) is 0.